The van der Waals surface area contributed by atoms with Crippen LogP contribution in [0.2, 0.25) is 0 Å². The number of hydrogen-bond acceptors (Lipinski definition) is 3. The van der Waals surface area contributed by atoms with Gasteiger partial charge in [0.15, 0.2) is 5.82 Å². The van der Waals surface area contributed by atoms with Crippen molar-refractivity contribution < 1.29 is 0 Å². The maximum atomic E-state index is 8.97. The second-order valence-corrected chi connectivity index (χ2v) is 3.43. The van der Waals surface area contributed by atoms with Gasteiger partial charge in [0.1, 0.15) is 0 Å². The van der Waals surface area contributed by atoms with Crippen LogP contribution in [-0.4, -0.2) is 9.97 Å². The zero-order chi connectivity index (χ0) is 11.4. The Morgan fingerprint density at radius 2 is 2.06 bits per heavy atom. The first-order valence-corrected chi connectivity index (χ1v) is 5.26. The smallest absolute Gasteiger partial charge is 0.160 e. The van der Waals surface area contributed by atoms with Crippen molar-refractivity contribution in [3.8, 4) is 17.5 Å². The second-order valence-electron chi connectivity index (χ2n) is 3.16. The van der Waals surface area contributed by atoms with Crippen molar-refractivity contribution in [3.63, 3.8) is 0 Å². The van der Waals surface area contributed by atoms with Gasteiger partial charge in [0, 0.05) is 11.8 Å². The molecular weight excluding hydrogens is 222 g/mol. The zero-order valence-electron chi connectivity index (χ0n) is 8.39. The first kappa shape index (κ1) is 10.6. The van der Waals surface area contributed by atoms with Gasteiger partial charge in [-0.15, -0.1) is 11.6 Å². The summed E-state index contributed by atoms with van der Waals surface area (Å²) in [6.45, 7) is 0. The molecule has 16 heavy (non-hydrogen) atoms. The Kier molecular flexibility index (Phi) is 3.13. The molecule has 0 radical (unpaired) electrons. The predicted molar refractivity (Wildman–Crippen MR) is 61.7 cm³/mol. The van der Waals surface area contributed by atoms with E-state index in [0.29, 0.717) is 17.3 Å². The van der Waals surface area contributed by atoms with Gasteiger partial charge in [0.2, 0.25) is 0 Å². The molecule has 0 N–H and O–H groups in total. The third kappa shape index (κ3) is 2.02. The molecule has 1 aromatic heterocycles. The number of alkyl halides is 1. The lowest BCUT2D eigenvalue weighted by molar-refractivity contribution is 1.09. The van der Waals surface area contributed by atoms with Crippen molar-refractivity contribution in [3.05, 3.63) is 47.8 Å². The summed E-state index contributed by atoms with van der Waals surface area (Å²) in [4.78, 5) is 8.42. The molecule has 0 unspecified atom stereocenters. The van der Waals surface area contributed by atoms with Crippen molar-refractivity contribution in [2.75, 3.05) is 0 Å². The van der Waals surface area contributed by atoms with E-state index in [-0.39, 0.29) is 0 Å². The fraction of sp³-hybridized carbons (Fsp3) is 0.0833. The Hall–Kier alpha value is -1.92. The van der Waals surface area contributed by atoms with Gasteiger partial charge in [0.05, 0.1) is 23.2 Å². The largest absolute Gasteiger partial charge is 0.237 e. The number of nitrogens with zero attached hydrogens (tertiary/aromatic N) is 3. The van der Waals surface area contributed by atoms with E-state index in [1.165, 1.54) is 0 Å². The molecule has 0 aliphatic carbocycles. The van der Waals surface area contributed by atoms with Gasteiger partial charge >= 0.3 is 0 Å². The Labute approximate surface area is 98.4 Å². The van der Waals surface area contributed by atoms with E-state index in [1.54, 1.807) is 18.3 Å². The van der Waals surface area contributed by atoms with Crippen LogP contribution < -0.4 is 0 Å². The fourth-order valence-corrected chi connectivity index (χ4v) is 1.52. The summed E-state index contributed by atoms with van der Waals surface area (Å²) in [5.41, 5.74) is 2.05. The first-order valence-electron chi connectivity index (χ1n) is 4.72. The molecule has 0 fully saturated rings. The Balaban J connectivity index is 2.55. The van der Waals surface area contributed by atoms with Crippen LogP contribution in [0.4, 0.5) is 0 Å². The van der Waals surface area contributed by atoms with Crippen molar-refractivity contribution in [2.24, 2.45) is 0 Å². The first-order chi connectivity index (χ1) is 7.85. The van der Waals surface area contributed by atoms with Crippen molar-refractivity contribution in [1.82, 2.24) is 9.97 Å². The summed E-state index contributed by atoms with van der Waals surface area (Å²) in [6.07, 6.45) is 1.65. The highest BCUT2D eigenvalue weighted by molar-refractivity contribution is 6.16. The topological polar surface area (TPSA) is 49.6 Å². The molecule has 0 spiro atoms. The normalized spacial score (nSPS) is 9.75. The molecule has 4 heteroatoms. The minimum Gasteiger partial charge on any atom is -0.237 e. The highest BCUT2D eigenvalue weighted by Gasteiger charge is 2.06. The van der Waals surface area contributed by atoms with Crippen LogP contribution in [0.15, 0.2) is 36.5 Å². The maximum Gasteiger partial charge on any atom is 0.160 e. The number of rotatable bonds is 2. The summed E-state index contributed by atoms with van der Waals surface area (Å²) in [5, 5.41) is 8.97. The lowest BCUT2D eigenvalue weighted by atomic mass is 10.1. The van der Waals surface area contributed by atoms with E-state index < -0.39 is 0 Å². The number of aromatic nitrogens is 2. The molecule has 2 aromatic rings. The van der Waals surface area contributed by atoms with Crippen LogP contribution in [0.25, 0.3) is 11.4 Å². The Morgan fingerprint density at radius 3 is 2.81 bits per heavy atom. The van der Waals surface area contributed by atoms with Crippen molar-refractivity contribution >= 4 is 11.6 Å². The molecule has 0 amide bonds. The van der Waals surface area contributed by atoms with Gasteiger partial charge in [-0.1, -0.05) is 12.1 Å². The zero-order valence-corrected chi connectivity index (χ0v) is 9.15. The lowest BCUT2D eigenvalue weighted by Gasteiger charge is -2.03. The molecule has 78 valence electrons. The molecule has 0 aliphatic heterocycles. The van der Waals surface area contributed by atoms with Crippen LogP contribution in [-0.2, 0) is 5.88 Å². The second kappa shape index (κ2) is 4.73. The van der Waals surface area contributed by atoms with Crippen LogP contribution >= 0.6 is 11.6 Å². The summed E-state index contributed by atoms with van der Waals surface area (Å²) >= 11 is 5.70. The number of benzene rings is 1. The molecule has 0 atom stereocenters. The van der Waals surface area contributed by atoms with Crippen LogP contribution in [0, 0.1) is 11.3 Å². The van der Waals surface area contributed by atoms with E-state index in [4.69, 9.17) is 16.9 Å². The van der Waals surface area contributed by atoms with Gasteiger partial charge < -0.3 is 0 Å². The van der Waals surface area contributed by atoms with E-state index in [9.17, 15) is 0 Å². The molecule has 0 bridgehead atoms. The molecular formula is C12H8ClN3. The molecule has 0 saturated carbocycles. The van der Waals surface area contributed by atoms with Gasteiger partial charge in [-0.25, -0.2) is 9.97 Å². The van der Waals surface area contributed by atoms with E-state index >= 15 is 0 Å². The minimum absolute atomic E-state index is 0.338. The quantitative estimate of drug-likeness (QED) is 0.744. The molecule has 1 heterocycles. The van der Waals surface area contributed by atoms with Gasteiger partial charge in [0.25, 0.3) is 0 Å². The average molecular weight is 230 g/mol. The number of hydrogen-bond donors (Lipinski definition) is 0. The summed E-state index contributed by atoms with van der Waals surface area (Å²) in [7, 11) is 0. The Morgan fingerprint density at radius 1 is 1.25 bits per heavy atom. The number of halogens is 1. The Bertz CT molecular complexity index is 546. The van der Waals surface area contributed by atoms with E-state index in [1.807, 2.05) is 18.2 Å². The highest BCUT2D eigenvalue weighted by Crippen LogP contribution is 2.19. The molecule has 3 nitrogen and oxygen atoms in total. The number of nitriles is 1. The summed E-state index contributed by atoms with van der Waals surface area (Å²) in [6, 6.07) is 11.1. The SMILES string of the molecule is N#Cc1ccccc1-c1nccc(CCl)n1. The van der Waals surface area contributed by atoms with Crippen LogP contribution in [0.5, 0.6) is 0 Å². The molecule has 0 saturated heterocycles. The van der Waals surface area contributed by atoms with Gasteiger partial charge in [-0.2, -0.15) is 5.26 Å². The maximum absolute atomic E-state index is 8.97. The minimum atomic E-state index is 0.338. The third-order valence-corrected chi connectivity index (χ3v) is 2.41. The third-order valence-electron chi connectivity index (χ3n) is 2.14. The van der Waals surface area contributed by atoms with Crippen molar-refractivity contribution in [2.45, 2.75) is 5.88 Å². The monoisotopic (exact) mass is 229 g/mol. The summed E-state index contributed by atoms with van der Waals surface area (Å²) < 4.78 is 0. The average Bonchev–Trinajstić information content (AvgIpc) is 2.38. The standard InChI is InChI=1S/C12H8ClN3/c13-7-10-5-6-15-12(16-10)11-4-2-1-3-9(11)8-14/h1-6H,7H2. The summed E-state index contributed by atoms with van der Waals surface area (Å²) in [5.74, 6) is 0.875. The van der Waals surface area contributed by atoms with E-state index in [0.717, 1.165) is 11.3 Å². The fourth-order valence-electron chi connectivity index (χ4n) is 1.38. The van der Waals surface area contributed by atoms with E-state index in [2.05, 4.69) is 16.0 Å². The van der Waals surface area contributed by atoms with Crippen molar-refractivity contribution in [1.29, 1.82) is 5.26 Å². The predicted octanol–water partition coefficient (Wildman–Crippen LogP) is 2.75. The van der Waals surface area contributed by atoms with Gasteiger partial charge in [-0.05, 0) is 18.2 Å². The molecule has 1 aromatic carbocycles. The molecule has 2 rings (SSSR count). The van der Waals surface area contributed by atoms with Gasteiger partial charge in [-0.3, -0.25) is 0 Å². The van der Waals surface area contributed by atoms with Crippen LogP contribution in [0.1, 0.15) is 11.3 Å². The highest BCUT2D eigenvalue weighted by atomic mass is 35.5. The molecule has 0 aliphatic rings. The van der Waals surface area contributed by atoms with Crippen LogP contribution in [0.3, 0.4) is 0 Å². The lowest BCUT2D eigenvalue weighted by Crippen LogP contribution is -1.94.